The van der Waals surface area contributed by atoms with Crippen molar-refractivity contribution in [2.75, 3.05) is 24.7 Å². The number of carbonyl (C=O) groups is 2. The average molecular weight is 254 g/mol. The second-order valence-electron chi connectivity index (χ2n) is 3.13. The minimum atomic E-state index is -0.746. The van der Waals surface area contributed by atoms with Crippen molar-refractivity contribution in [3.63, 3.8) is 0 Å². The van der Waals surface area contributed by atoms with Gasteiger partial charge in [-0.2, -0.15) is 0 Å². The molecule has 0 saturated carbocycles. The van der Waals surface area contributed by atoms with E-state index in [2.05, 4.69) is 9.97 Å². The Kier molecular flexibility index (Phi) is 4.41. The molecule has 1 rings (SSSR count). The minimum Gasteiger partial charge on any atom is -0.461 e. The van der Waals surface area contributed by atoms with Crippen molar-refractivity contribution >= 4 is 23.6 Å². The summed E-state index contributed by atoms with van der Waals surface area (Å²) in [7, 11) is 0. The monoisotopic (exact) mass is 254 g/mol. The van der Waals surface area contributed by atoms with Crippen LogP contribution in [0.4, 0.5) is 11.6 Å². The van der Waals surface area contributed by atoms with E-state index in [-0.39, 0.29) is 36.2 Å². The summed E-state index contributed by atoms with van der Waals surface area (Å²) in [5.41, 5.74) is 10.6. The first-order valence-electron chi connectivity index (χ1n) is 5.28. The minimum absolute atomic E-state index is 0.166. The van der Waals surface area contributed by atoms with Crippen LogP contribution in [-0.4, -0.2) is 35.1 Å². The molecule has 0 unspecified atom stereocenters. The van der Waals surface area contributed by atoms with Gasteiger partial charge in [-0.05, 0) is 13.8 Å². The van der Waals surface area contributed by atoms with Crippen molar-refractivity contribution in [3.05, 3.63) is 11.4 Å². The Balaban J connectivity index is 3.11. The highest BCUT2D eigenvalue weighted by Crippen LogP contribution is 2.15. The van der Waals surface area contributed by atoms with Gasteiger partial charge in [0.25, 0.3) is 0 Å². The highest BCUT2D eigenvalue weighted by atomic mass is 16.5. The second-order valence-corrected chi connectivity index (χ2v) is 3.13. The molecule has 0 saturated heterocycles. The number of esters is 2. The summed E-state index contributed by atoms with van der Waals surface area (Å²) >= 11 is 0. The first-order valence-corrected chi connectivity index (χ1v) is 5.28. The molecule has 0 radical (unpaired) electrons. The fourth-order valence-electron chi connectivity index (χ4n) is 1.16. The molecule has 1 aromatic rings. The van der Waals surface area contributed by atoms with Gasteiger partial charge in [-0.3, -0.25) is 0 Å². The van der Waals surface area contributed by atoms with E-state index in [1.807, 2.05) is 0 Å². The van der Waals surface area contributed by atoms with Crippen molar-refractivity contribution in [1.29, 1.82) is 0 Å². The van der Waals surface area contributed by atoms with Gasteiger partial charge in [-0.25, -0.2) is 19.6 Å². The fourth-order valence-corrected chi connectivity index (χ4v) is 1.16. The number of nitrogen functional groups attached to an aromatic ring is 2. The molecular formula is C10H14N4O4. The van der Waals surface area contributed by atoms with E-state index in [0.717, 1.165) is 0 Å². The number of aromatic nitrogens is 2. The predicted molar refractivity (Wildman–Crippen MR) is 62.8 cm³/mol. The predicted octanol–water partition coefficient (Wildman–Crippen LogP) is -0.00560. The molecule has 0 spiro atoms. The molecule has 8 heteroatoms. The topological polar surface area (TPSA) is 130 Å². The molecule has 0 aromatic carbocycles. The average Bonchev–Trinajstić information content (AvgIpc) is 2.32. The van der Waals surface area contributed by atoms with E-state index in [1.165, 1.54) is 0 Å². The van der Waals surface area contributed by atoms with Crippen LogP contribution in [0, 0.1) is 0 Å². The zero-order valence-electron chi connectivity index (χ0n) is 10.1. The summed E-state index contributed by atoms with van der Waals surface area (Å²) in [6.07, 6.45) is 0. The van der Waals surface area contributed by atoms with Crippen LogP contribution in [0.2, 0.25) is 0 Å². The van der Waals surface area contributed by atoms with Gasteiger partial charge in [0.2, 0.25) is 0 Å². The van der Waals surface area contributed by atoms with Crippen molar-refractivity contribution in [2.24, 2.45) is 0 Å². The van der Waals surface area contributed by atoms with Gasteiger partial charge in [-0.15, -0.1) is 0 Å². The van der Waals surface area contributed by atoms with Crippen molar-refractivity contribution in [1.82, 2.24) is 9.97 Å². The molecule has 4 N–H and O–H groups in total. The maximum absolute atomic E-state index is 11.4. The van der Waals surface area contributed by atoms with Crippen LogP contribution in [0.3, 0.4) is 0 Å². The molecule has 0 atom stereocenters. The van der Waals surface area contributed by atoms with Crippen LogP contribution in [0.1, 0.15) is 34.8 Å². The number of hydrogen-bond acceptors (Lipinski definition) is 8. The SMILES string of the molecule is CCOC(=O)c1nc(N)c(C(=O)OCC)nc1N. The van der Waals surface area contributed by atoms with Crippen LogP contribution in [0.5, 0.6) is 0 Å². The number of anilines is 2. The Morgan fingerprint density at radius 1 is 0.944 bits per heavy atom. The summed E-state index contributed by atoms with van der Waals surface area (Å²) in [6.45, 7) is 3.61. The second kappa shape index (κ2) is 5.80. The molecule has 1 heterocycles. The molecule has 0 aliphatic heterocycles. The van der Waals surface area contributed by atoms with E-state index in [9.17, 15) is 9.59 Å². The van der Waals surface area contributed by atoms with Crippen LogP contribution in [-0.2, 0) is 9.47 Å². The summed E-state index contributed by atoms with van der Waals surface area (Å²) < 4.78 is 9.44. The van der Waals surface area contributed by atoms with E-state index < -0.39 is 11.9 Å². The molecule has 0 aliphatic rings. The summed E-state index contributed by atoms with van der Waals surface area (Å²) in [5, 5.41) is 0. The maximum atomic E-state index is 11.4. The smallest absolute Gasteiger partial charge is 0.360 e. The van der Waals surface area contributed by atoms with Gasteiger partial charge < -0.3 is 20.9 Å². The first-order chi connectivity index (χ1) is 8.51. The first kappa shape index (κ1) is 13.7. The molecule has 0 fully saturated rings. The van der Waals surface area contributed by atoms with Gasteiger partial charge >= 0.3 is 11.9 Å². The Morgan fingerprint density at radius 3 is 1.56 bits per heavy atom. The molecule has 0 bridgehead atoms. The van der Waals surface area contributed by atoms with Crippen LogP contribution >= 0.6 is 0 Å². The molecule has 98 valence electrons. The number of ether oxygens (including phenoxy) is 2. The molecule has 8 nitrogen and oxygen atoms in total. The summed E-state index contributed by atoms with van der Waals surface area (Å²) in [4.78, 5) is 30.3. The zero-order valence-corrected chi connectivity index (χ0v) is 10.1. The van der Waals surface area contributed by atoms with Crippen LogP contribution in [0.15, 0.2) is 0 Å². The lowest BCUT2D eigenvalue weighted by atomic mass is 10.3. The van der Waals surface area contributed by atoms with Gasteiger partial charge in [0.15, 0.2) is 23.0 Å². The largest absolute Gasteiger partial charge is 0.461 e. The van der Waals surface area contributed by atoms with Gasteiger partial charge in [0.1, 0.15) is 0 Å². The summed E-state index contributed by atoms with van der Waals surface area (Å²) in [6, 6.07) is 0. The molecule has 0 amide bonds. The van der Waals surface area contributed by atoms with Gasteiger partial charge in [0.05, 0.1) is 13.2 Å². The molecule has 0 aliphatic carbocycles. The van der Waals surface area contributed by atoms with Crippen LogP contribution < -0.4 is 11.5 Å². The third-order valence-electron chi connectivity index (χ3n) is 1.89. The van der Waals surface area contributed by atoms with Gasteiger partial charge in [0, 0.05) is 0 Å². The lowest BCUT2D eigenvalue weighted by Gasteiger charge is -2.08. The normalized spacial score (nSPS) is 9.89. The van der Waals surface area contributed by atoms with Crippen molar-refractivity contribution in [2.45, 2.75) is 13.8 Å². The maximum Gasteiger partial charge on any atom is 0.360 e. The Hall–Kier alpha value is -2.38. The number of nitrogens with two attached hydrogens (primary N) is 2. The highest BCUT2D eigenvalue weighted by molar-refractivity contribution is 5.96. The lowest BCUT2D eigenvalue weighted by molar-refractivity contribution is 0.0503. The van der Waals surface area contributed by atoms with Gasteiger partial charge in [-0.1, -0.05) is 0 Å². The third kappa shape index (κ3) is 2.84. The zero-order chi connectivity index (χ0) is 13.7. The Labute approximate surface area is 103 Å². The number of carbonyl (C=O) groups excluding carboxylic acids is 2. The number of rotatable bonds is 4. The van der Waals surface area contributed by atoms with E-state index >= 15 is 0 Å². The highest BCUT2D eigenvalue weighted by Gasteiger charge is 2.21. The third-order valence-corrected chi connectivity index (χ3v) is 1.89. The van der Waals surface area contributed by atoms with Crippen LogP contribution in [0.25, 0.3) is 0 Å². The van der Waals surface area contributed by atoms with Crippen molar-refractivity contribution < 1.29 is 19.1 Å². The Morgan fingerprint density at radius 2 is 1.28 bits per heavy atom. The number of hydrogen-bond donors (Lipinski definition) is 2. The van der Waals surface area contributed by atoms with E-state index in [1.54, 1.807) is 13.8 Å². The molecule has 1 aromatic heterocycles. The quantitative estimate of drug-likeness (QED) is 0.717. The van der Waals surface area contributed by atoms with Crippen molar-refractivity contribution in [3.8, 4) is 0 Å². The van der Waals surface area contributed by atoms with E-state index in [4.69, 9.17) is 20.9 Å². The standard InChI is InChI=1S/C10H14N4O4/c1-3-17-9(15)5-7(11)14-6(8(12)13-5)10(16)18-4-2/h3-4H2,1-2H3,(H2,12,13)(H2,11,14). The molecule has 18 heavy (non-hydrogen) atoms. The summed E-state index contributed by atoms with van der Waals surface area (Å²) in [5.74, 6) is -1.95. The lowest BCUT2D eigenvalue weighted by Crippen LogP contribution is -2.18. The fraction of sp³-hybridized carbons (Fsp3) is 0.400. The van der Waals surface area contributed by atoms with E-state index in [0.29, 0.717) is 0 Å². The molecular weight excluding hydrogens is 240 g/mol. The Bertz CT molecular complexity index is 431. The number of nitrogens with zero attached hydrogens (tertiary/aromatic N) is 2.